The van der Waals surface area contributed by atoms with E-state index < -0.39 is 0 Å². The molecule has 4 aromatic rings. The Morgan fingerprint density at radius 1 is 1.00 bits per heavy atom. The fourth-order valence-electron chi connectivity index (χ4n) is 4.63. The Kier molecular flexibility index (Phi) is 6.38. The normalized spacial score (nSPS) is 15.2. The number of aromatic nitrogens is 1. The monoisotopic (exact) mass is 505 g/mol. The summed E-state index contributed by atoms with van der Waals surface area (Å²) in [5.74, 6) is 0.819. The number of nitrogens with zero attached hydrogens (tertiary/aromatic N) is 2. The van der Waals surface area contributed by atoms with Gasteiger partial charge >= 0.3 is 0 Å². The lowest BCUT2D eigenvalue weighted by molar-refractivity contribution is 0.0900. The summed E-state index contributed by atoms with van der Waals surface area (Å²) in [7, 11) is 0. The van der Waals surface area contributed by atoms with Crippen LogP contribution in [-0.2, 0) is 13.1 Å². The Labute approximate surface area is 202 Å². The number of amides is 1. The predicted octanol–water partition coefficient (Wildman–Crippen LogP) is 5.75. The lowest BCUT2D eigenvalue weighted by Gasteiger charge is -2.32. The van der Waals surface area contributed by atoms with E-state index in [0.717, 1.165) is 59.4 Å². The van der Waals surface area contributed by atoms with Gasteiger partial charge in [0.05, 0.1) is 5.52 Å². The molecule has 5 nitrogen and oxygen atoms in total. The molecule has 0 saturated carbocycles. The smallest absolute Gasteiger partial charge is 0.268 e. The van der Waals surface area contributed by atoms with Gasteiger partial charge in [0.1, 0.15) is 11.5 Å². The van der Waals surface area contributed by atoms with E-state index in [-0.39, 0.29) is 11.9 Å². The van der Waals surface area contributed by atoms with E-state index in [4.69, 9.17) is 4.42 Å². The van der Waals surface area contributed by atoms with Crippen molar-refractivity contribution < 1.29 is 9.21 Å². The van der Waals surface area contributed by atoms with Crippen LogP contribution in [0.2, 0.25) is 0 Å². The molecule has 0 spiro atoms. The maximum atomic E-state index is 13.3. The first kappa shape index (κ1) is 22.0. The average molecular weight is 506 g/mol. The highest BCUT2D eigenvalue weighted by Crippen LogP contribution is 2.26. The number of likely N-dealkylation sites (tertiary alicyclic amines) is 1. The van der Waals surface area contributed by atoms with Crippen molar-refractivity contribution in [3.05, 3.63) is 93.8 Å². The zero-order chi connectivity index (χ0) is 22.8. The molecule has 1 amide bonds. The van der Waals surface area contributed by atoms with E-state index in [1.54, 1.807) is 0 Å². The van der Waals surface area contributed by atoms with Crippen LogP contribution < -0.4 is 5.32 Å². The highest BCUT2D eigenvalue weighted by molar-refractivity contribution is 9.10. The van der Waals surface area contributed by atoms with Crippen LogP contribution in [-0.4, -0.2) is 34.5 Å². The van der Waals surface area contributed by atoms with Gasteiger partial charge in [-0.15, -0.1) is 0 Å². The topological polar surface area (TPSA) is 50.4 Å². The molecule has 1 saturated heterocycles. The van der Waals surface area contributed by atoms with E-state index >= 15 is 0 Å². The first-order valence-electron chi connectivity index (χ1n) is 11.5. The molecule has 0 unspecified atom stereocenters. The largest absolute Gasteiger partial charge is 0.460 e. The van der Waals surface area contributed by atoms with Crippen LogP contribution >= 0.6 is 15.9 Å². The second-order valence-electron chi connectivity index (χ2n) is 8.86. The molecule has 3 heterocycles. The average Bonchev–Trinajstić information content (AvgIpc) is 3.34. The van der Waals surface area contributed by atoms with Crippen molar-refractivity contribution in [3.8, 4) is 0 Å². The van der Waals surface area contributed by atoms with Crippen molar-refractivity contribution >= 4 is 32.9 Å². The van der Waals surface area contributed by atoms with Crippen molar-refractivity contribution in [3.63, 3.8) is 0 Å². The van der Waals surface area contributed by atoms with Gasteiger partial charge in [0.25, 0.3) is 5.91 Å². The van der Waals surface area contributed by atoms with Gasteiger partial charge in [0, 0.05) is 48.8 Å². The molecule has 2 aromatic heterocycles. The summed E-state index contributed by atoms with van der Waals surface area (Å²) in [6.45, 7) is 5.50. The van der Waals surface area contributed by atoms with Gasteiger partial charge in [0.2, 0.25) is 0 Å². The molecule has 1 aliphatic heterocycles. The summed E-state index contributed by atoms with van der Waals surface area (Å²) < 4.78 is 8.95. The minimum atomic E-state index is -0.0299. The van der Waals surface area contributed by atoms with Crippen LogP contribution in [0.25, 0.3) is 11.1 Å². The highest BCUT2D eigenvalue weighted by atomic mass is 79.9. The minimum Gasteiger partial charge on any atom is -0.460 e. The second kappa shape index (κ2) is 9.57. The van der Waals surface area contributed by atoms with Crippen molar-refractivity contribution in [2.75, 3.05) is 13.1 Å². The lowest BCUT2D eigenvalue weighted by atomic mass is 10.0. The number of piperidine rings is 1. The number of rotatable bonds is 6. The molecule has 33 heavy (non-hydrogen) atoms. The third-order valence-corrected chi connectivity index (χ3v) is 6.90. The number of halogens is 1. The molecule has 6 heteroatoms. The molecular formula is C27H28BrN3O2. The number of hydrogen-bond donors (Lipinski definition) is 1. The summed E-state index contributed by atoms with van der Waals surface area (Å²) in [5.41, 5.74) is 4.84. The fourth-order valence-corrected chi connectivity index (χ4v) is 4.90. The number of benzene rings is 2. The first-order chi connectivity index (χ1) is 16.0. The standard InChI is InChI=1S/C27H28BrN3O2/c1-19-15-24-26(33-19)16-25(31(24)18-21-7-9-22(28)10-8-21)27(32)29-23-11-13-30(14-12-23)17-20-5-3-2-4-6-20/h2-10,15-16,23H,11-14,17-18H2,1H3,(H,29,32). The quantitative estimate of drug-likeness (QED) is 0.363. The number of carbonyl (C=O) groups excluding carboxylic acids is 1. The molecule has 1 N–H and O–H groups in total. The Hall–Kier alpha value is -2.83. The van der Waals surface area contributed by atoms with Crippen LogP contribution in [0.3, 0.4) is 0 Å². The second-order valence-corrected chi connectivity index (χ2v) is 9.77. The van der Waals surface area contributed by atoms with Crippen molar-refractivity contribution in [2.45, 2.75) is 38.9 Å². The first-order valence-corrected chi connectivity index (χ1v) is 12.3. The minimum absolute atomic E-state index is 0.0299. The molecule has 0 aliphatic carbocycles. The van der Waals surface area contributed by atoms with E-state index in [2.05, 4.69) is 73.2 Å². The van der Waals surface area contributed by atoms with Crippen molar-refractivity contribution in [1.29, 1.82) is 0 Å². The Balaban J connectivity index is 1.27. The third-order valence-electron chi connectivity index (χ3n) is 6.37. The van der Waals surface area contributed by atoms with Gasteiger partial charge in [-0.3, -0.25) is 9.69 Å². The molecule has 0 radical (unpaired) electrons. The number of furan rings is 1. The molecule has 0 atom stereocenters. The summed E-state index contributed by atoms with van der Waals surface area (Å²) in [6, 6.07) is 22.8. The van der Waals surface area contributed by atoms with Crippen LogP contribution in [0.1, 0.15) is 40.2 Å². The zero-order valence-electron chi connectivity index (χ0n) is 18.8. The van der Waals surface area contributed by atoms with Gasteiger partial charge in [-0.05, 0) is 43.0 Å². The molecule has 0 bridgehead atoms. The van der Waals surface area contributed by atoms with E-state index in [1.807, 2.05) is 31.2 Å². The van der Waals surface area contributed by atoms with Crippen LogP contribution in [0.4, 0.5) is 0 Å². The van der Waals surface area contributed by atoms with Crippen LogP contribution in [0.5, 0.6) is 0 Å². The lowest BCUT2D eigenvalue weighted by Crippen LogP contribution is -2.44. The number of nitrogens with one attached hydrogen (secondary N) is 1. The van der Waals surface area contributed by atoms with Gasteiger partial charge in [-0.1, -0.05) is 58.4 Å². The summed E-state index contributed by atoms with van der Waals surface area (Å²) in [5, 5.41) is 3.28. The Bertz CT molecular complexity index is 1240. The van der Waals surface area contributed by atoms with Gasteiger partial charge < -0.3 is 14.3 Å². The fraction of sp³-hybridized carbons (Fsp3) is 0.296. The maximum Gasteiger partial charge on any atom is 0.268 e. The van der Waals surface area contributed by atoms with Crippen LogP contribution in [0.15, 0.2) is 75.6 Å². The Morgan fingerprint density at radius 3 is 2.42 bits per heavy atom. The van der Waals surface area contributed by atoms with Crippen molar-refractivity contribution in [1.82, 2.24) is 14.8 Å². The molecule has 170 valence electrons. The number of hydrogen-bond acceptors (Lipinski definition) is 3. The molecule has 1 fully saturated rings. The number of carbonyl (C=O) groups is 1. The maximum absolute atomic E-state index is 13.3. The SMILES string of the molecule is Cc1cc2c(cc(C(=O)NC3CCN(Cc4ccccc4)CC3)n2Cc2ccc(Br)cc2)o1. The summed E-state index contributed by atoms with van der Waals surface area (Å²) >= 11 is 3.49. The summed E-state index contributed by atoms with van der Waals surface area (Å²) in [6.07, 6.45) is 1.92. The number of fused-ring (bicyclic) bond motifs is 1. The highest BCUT2D eigenvalue weighted by Gasteiger charge is 2.24. The van der Waals surface area contributed by atoms with Crippen LogP contribution in [0, 0.1) is 6.92 Å². The van der Waals surface area contributed by atoms with Gasteiger partial charge in [-0.2, -0.15) is 0 Å². The summed E-state index contributed by atoms with van der Waals surface area (Å²) in [4.78, 5) is 15.8. The van der Waals surface area contributed by atoms with E-state index in [9.17, 15) is 4.79 Å². The van der Waals surface area contributed by atoms with Gasteiger partial charge in [-0.25, -0.2) is 0 Å². The third kappa shape index (κ3) is 5.07. The number of aryl methyl sites for hydroxylation is 1. The van der Waals surface area contributed by atoms with E-state index in [0.29, 0.717) is 12.2 Å². The van der Waals surface area contributed by atoms with Crippen molar-refractivity contribution in [2.24, 2.45) is 0 Å². The molecule has 2 aromatic carbocycles. The van der Waals surface area contributed by atoms with Gasteiger partial charge in [0.15, 0.2) is 5.58 Å². The zero-order valence-corrected chi connectivity index (χ0v) is 20.3. The molecular weight excluding hydrogens is 478 g/mol. The molecule has 1 aliphatic rings. The Morgan fingerprint density at radius 2 is 1.70 bits per heavy atom. The molecule has 5 rings (SSSR count). The predicted molar refractivity (Wildman–Crippen MR) is 134 cm³/mol. The van der Waals surface area contributed by atoms with E-state index in [1.165, 1.54) is 5.56 Å².